The van der Waals surface area contributed by atoms with Crippen LogP contribution in [0.1, 0.15) is 30.9 Å². The van der Waals surface area contributed by atoms with Crippen LogP contribution in [0.25, 0.3) is 5.82 Å². The fourth-order valence-electron chi connectivity index (χ4n) is 2.65. The first-order valence-corrected chi connectivity index (χ1v) is 9.69. The van der Waals surface area contributed by atoms with E-state index in [-0.39, 0.29) is 27.5 Å². The van der Waals surface area contributed by atoms with Gasteiger partial charge >= 0.3 is 0 Å². The van der Waals surface area contributed by atoms with Gasteiger partial charge in [0.25, 0.3) is 0 Å². The minimum Gasteiger partial charge on any atom is -0.347 e. The number of aryl methyl sites for hydroxylation is 1. The van der Waals surface area contributed by atoms with Crippen molar-refractivity contribution in [3.8, 4) is 11.9 Å². The number of nitrogens with zero attached hydrogens (tertiary/aromatic N) is 5. The Labute approximate surface area is 149 Å². The zero-order valence-electron chi connectivity index (χ0n) is 13.8. The standard InChI is InChI=1S/C14H16ClN5O4S/c1-8-4-5-23-14(24-8)11-9(6-16)7-17-20(11)12-10(15)13(19(2)18-12)25(3,21)22/h7-8,14H,4-5H2,1-3H3. The fraction of sp³-hybridized carbons (Fsp3) is 0.500. The molecule has 3 heterocycles. The van der Waals surface area contributed by atoms with Crippen molar-refractivity contribution in [2.24, 2.45) is 7.05 Å². The van der Waals surface area contributed by atoms with Gasteiger partial charge in [0.05, 0.1) is 24.5 Å². The summed E-state index contributed by atoms with van der Waals surface area (Å²) in [4.78, 5) is 0. The van der Waals surface area contributed by atoms with E-state index >= 15 is 0 Å². The number of rotatable bonds is 3. The number of halogens is 1. The van der Waals surface area contributed by atoms with Crippen molar-refractivity contribution in [3.63, 3.8) is 0 Å². The Balaban J connectivity index is 2.17. The molecule has 2 unspecified atom stereocenters. The Kier molecular flexibility index (Phi) is 4.59. The first kappa shape index (κ1) is 17.9. The first-order valence-electron chi connectivity index (χ1n) is 7.42. The first-order chi connectivity index (χ1) is 11.7. The molecule has 25 heavy (non-hydrogen) atoms. The van der Waals surface area contributed by atoms with Gasteiger partial charge < -0.3 is 9.47 Å². The molecule has 0 amide bonds. The second-order valence-corrected chi connectivity index (χ2v) is 8.05. The van der Waals surface area contributed by atoms with E-state index in [2.05, 4.69) is 10.2 Å². The highest BCUT2D eigenvalue weighted by Crippen LogP contribution is 2.33. The molecular weight excluding hydrogens is 370 g/mol. The second kappa shape index (κ2) is 6.42. The molecule has 0 N–H and O–H groups in total. The summed E-state index contributed by atoms with van der Waals surface area (Å²) >= 11 is 6.25. The molecule has 0 aromatic carbocycles. The predicted molar refractivity (Wildman–Crippen MR) is 87.0 cm³/mol. The van der Waals surface area contributed by atoms with Crippen LogP contribution in [0.3, 0.4) is 0 Å². The van der Waals surface area contributed by atoms with Crippen LogP contribution in [0.4, 0.5) is 0 Å². The van der Waals surface area contributed by atoms with Crippen LogP contribution in [0, 0.1) is 11.3 Å². The van der Waals surface area contributed by atoms with Crippen molar-refractivity contribution < 1.29 is 17.9 Å². The van der Waals surface area contributed by atoms with Gasteiger partial charge in [-0.2, -0.15) is 15.5 Å². The van der Waals surface area contributed by atoms with Gasteiger partial charge in [-0.15, -0.1) is 0 Å². The molecule has 2 atom stereocenters. The van der Waals surface area contributed by atoms with E-state index < -0.39 is 16.1 Å². The largest absolute Gasteiger partial charge is 0.347 e. The smallest absolute Gasteiger partial charge is 0.202 e. The predicted octanol–water partition coefficient (Wildman–Crippen LogP) is 1.36. The summed E-state index contributed by atoms with van der Waals surface area (Å²) in [5.74, 6) is 0.0894. The van der Waals surface area contributed by atoms with Gasteiger partial charge in [-0.1, -0.05) is 11.6 Å². The van der Waals surface area contributed by atoms with Crippen LogP contribution in [0.15, 0.2) is 11.2 Å². The summed E-state index contributed by atoms with van der Waals surface area (Å²) in [5, 5.41) is 17.4. The fourth-order valence-corrected chi connectivity index (χ4v) is 4.25. The summed E-state index contributed by atoms with van der Waals surface area (Å²) in [7, 11) is -2.13. The van der Waals surface area contributed by atoms with Gasteiger partial charge in [0.15, 0.2) is 20.7 Å². The van der Waals surface area contributed by atoms with Crippen molar-refractivity contribution in [1.29, 1.82) is 5.26 Å². The van der Waals surface area contributed by atoms with E-state index in [1.807, 2.05) is 13.0 Å². The summed E-state index contributed by atoms with van der Waals surface area (Å²) < 4.78 is 37.7. The molecule has 9 nitrogen and oxygen atoms in total. The number of hydrogen-bond acceptors (Lipinski definition) is 7. The molecule has 1 saturated heterocycles. The monoisotopic (exact) mass is 385 g/mol. The summed E-state index contributed by atoms with van der Waals surface area (Å²) in [6.45, 7) is 2.37. The zero-order chi connectivity index (χ0) is 18.4. The van der Waals surface area contributed by atoms with E-state index in [1.54, 1.807) is 0 Å². The number of aromatic nitrogens is 4. The molecule has 0 spiro atoms. The van der Waals surface area contributed by atoms with Crippen molar-refractivity contribution in [2.75, 3.05) is 12.9 Å². The topological polar surface area (TPSA) is 112 Å². The highest BCUT2D eigenvalue weighted by atomic mass is 35.5. The minimum atomic E-state index is -3.60. The summed E-state index contributed by atoms with van der Waals surface area (Å²) in [6.07, 6.45) is 2.24. The molecule has 2 aromatic rings. The van der Waals surface area contributed by atoms with Crippen molar-refractivity contribution in [3.05, 3.63) is 22.5 Å². The molecule has 134 valence electrons. The Morgan fingerprint density at radius 2 is 2.20 bits per heavy atom. The molecule has 1 fully saturated rings. The average molecular weight is 386 g/mol. The molecule has 2 aromatic heterocycles. The van der Waals surface area contributed by atoms with Crippen LogP contribution >= 0.6 is 11.6 Å². The SMILES string of the molecule is CC1CCOC(c2c(C#N)cnn2-c2nn(C)c(S(C)(=O)=O)c2Cl)O1. The Hall–Kier alpha value is -1.93. The normalized spacial score (nSPS) is 21.2. The number of nitriles is 1. The van der Waals surface area contributed by atoms with Crippen LogP contribution in [0.5, 0.6) is 0 Å². The quantitative estimate of drug-likeness (QED) is 0.783. The highest BCUT2D eigenvalue weighted by Gasteiger charge is 2.32. The molecule has 1 aliphatic rings. The van der Waals surface area contributed by atoms with Crippen molar-refractivity contribution in [1.82, 2.24) is 19.6 Å². The molecule has 0 aliphatic carbocycles. The lowest BCUT2D eigenvalue weighted by atomic mass is 10.2. The third-order valence-corrected chi connectivity index (χ3v) is 5.41. The number of hydrogen-bond donors (Lipinski definition) is 0. The van der Waals surface area contributed by atoms with Crippen LogP contribution in [-0.4, -0.2) is 46.9 Å². The lowest BCUT2D eigenvalue weighted by Gasteiger charge is -2.28. The molecule has 0 bridgehead atoms. The van der Waals surface area contributed by atoms with Crippen LogP contribution in [0.2, 0.25) is 5.02 Å². The molecule has 3 rings (SSSR count). The maximum atomic E-state index is 11.9. The Morgan fingerprint density at radius 3 is 2.76 bits per heavy atom. The van der Waals surface area contributed by atoms with E-state index in [4.69, 9.17) is 21.1 Å². The van der Waals surface area contributed by atoms with Gasteiger partial charge in [0.1, 0.15) is 16.8 Å². The highest BCUT2D eigenvalue weighted by molar-refractivity contribution is 7.90. The van der Waals surface area contributed by atoms with E-state index in [1.165, 1.54) is 17.9 Å². The molecular formula is C14H16ClN5O4S. The number of ether oxygens (including phenoxy) is 2. The van der Waals surface area contributed by atoms with E-state index in [0.717, 1.165) is 17.4 Å². The van der Waals surface area contributed by atoms with Gasteiger partial charge in [-0.25, -0.2) is 13.1 Å². The summed E-state index contributed by atoms with van der Waals surface area (Å²) in [6, 6.07) is 2.03. The van der Waals surface area contributed by atoms with E-state index in [0.29, 0.717) is 12.3 Å². The molecule has 0 saturated carbocycles. The Bertz CT molecular complexity index is 959. The lowest BCUT2D eigenvalue weighted by Crippen LogP contribution is -2.27. The summed E-state index contributed by atoms with van der Waals surface area (Å²) in [5.41, 5.74) is 0.566. The third-order valence-electron chi connectivity index (χ3n) is 3.77. The minimum absolute atomic E-state index is 0.0561. The van der Waals surface area contributed by atoms with Crippen LogP contribution < -0.4 is 0 Å². The Morgan fingerprint density at radius 1 is 1.48 bits per heavy atom. The maximum absolute atomic E-state index is 11.9. The van der Waals surface area contributed by atoms with Crippen LogP contribution in [-0.2, 0) is 26.4 Å². The van der Waals surface area contributed by atoms with Crippen molar-refractivity contribution >= 4 is 21.4 Å². The van der Waals surface area contributed by atoms with E-state index in [9.17, 15) is 13.7 Å². The average Bonchev–Trinajstić information content (AvgIpc) is 3.06. The third kappa shape index (κ3) is 3.16. The van der Waals surface area contributed by atoms with Crippen molar-refractivity contribution in [2.45, 2.75) is 30.8 Å². The van der Waals surface area contributed by atoms with Gasteiger partial charge in [0.2, 0.25) is 6.29 Å². The molecule has 1 aliphatic heterocycles. The lowest BCUT2D eigenvalue weighted by molar-refractivity contribution is -0.215. The van der Waals surface area contributed by atoms with Gasteiger partial charge in [-0.05, 0) is 13.3 Å². The van der Waals surface area contributed by atoms with Gasteiger partial charge in [0, 0.05) is 13.3 Å². The number of sulfone groups is 1. The molecule has 0 radical (unpaired) electrons. The maximum Gasteiger partial charge on any atom is 0.202 e. The zero-order valence-corrected chi connectivity index (χ0v) is 15.4. The van der Waals surface area contributed by atoms with Gasteiger partial charge in [-0.3, -0.25) is 4.68 Å². The second-order valence-electron chi connectivity index (χ2n) is 5.74. The molecule has 11 heteroatoms.